The Labute approximate surface area is 197 Å². The molecular formula is C24H20N4O5S. The zero-order valence-electron chi connectivity index (χ0n) is 18.7. The van der Waals surface area contributed by atoms with Gasteiger partial charge in [-0.1, -0.05) is 30.4 Å². The molecule has 10 heteroatoms. The topological polar surface area (TPSA) is 119 Å². The van der Waals surface area contributed by atoms with E-state index in [1.807, 2.05) is 20.8 Å². The molecule has 172 valence electrons. The standard InChI is InChI=1S/C24H20N4O5S/c1-4-6-18-25-26-24(34-18)27-20(14-7-5-8-15(11-14)28(31)32)19-21(29)16-9-12(2)13(3)10-17(16)33-22(19)23(27)30/h5,7-11,20H,4,6H2,1-3H3. The molecular weight excluding hydrogens is 456 g/mol. The molecule has 9 nitrogen and oxygen atoms in total. The van der Waals surface area contributed by atoms with Crippen LogP contribution in [-0.2, 0) is 6.42 Å². The van der Waals surface area contributed by atoms with Gasteiger partial charge in [0.25, 0.3) is 11.6 Å². The van der Waals surface area contributed by atoms with Crippen molar-refractivity contribution in [2.45, 2.75) is 39.7 Å². The highest BCUT2D eigenvalue weighted by atomic mass is 32.1. The second-order valence-corrected chi connectivity index (χ2v) is 9.31. The first kappa shape index (κ1) is 21.9. The summed E-state index contributed by atoms with van der Waals surface area (Å²) in [6.07, 6.45) is 1.56. The van der Waals surface area contributed by atoms with Crippen LogP contribution in [0.1, 0.15) is 57.2 Å². The van der Waals surface area contributed by atoms with Crippen molar-refractivity contribution in [3.63, 3.8) is 0 Å². The fourth-order valence-electron chi connectivity index (χ4n) is 4.21. The SMILES string of the molecule is CCCc1nnc(N2C(=O)c3oc4cc(C)c(C)cc4c(=O)c3C2c2cccc([N+](=O)[O-])c2)s1. The number of carbonyl (C=O) groups is 1. The van der Waals surface area contributed by atoms with Crippen molar-refractivity contribution in [1.82, 2.24) is 10.2 Å². The molecule has 1 aliphatic rings. The second kappa shape index (κ2) is 8.14. The molecule has 3 heterocycles. The number of benzene rings is 2. The van der Waals surface area contributed by atoms with Gasteiger partial charge in [-0.25, -0.2) is 0 Å². The van der Waals surface area contributed by atoms with Crippen molar-refractivity contribution in [1.29, 1.82) is 0 Å². The molecule has 1 unspecified atom stereocenters. The minimum absolute atomic E-state index is 0.0792. The molecule has 0 radical (unpaired) electrons. The van der Waals surface area contributed by atoms with Crippen LogP contribution in [0.25, 0.3) is 11.0 Å². The zero-order chi connectivity index (χ0) is 24.1. The van der Waals surface area contributed by atoms with Crippen molar-refractivity contribution in [2.75, 3.05) is 4.90 Å². The van der Waals surface area contributed by atoms with Gasteiger partial charge in [0.15, 0.2) is 5.43 Å². The van der Waals surface area contributed by atoms with E-state index < -0.39 is 16.9 Å². The second-order valence-electron chi connectivity index (χ2n) is 8.26. The van der Waals surface area contributed by atoms with E-state index in [0.717, 1.165) is 22.6 Å². The van der Waals surface area contributed by atoms with Crippen molar-refractivity contribution in [2.24, 2.45) is 0 Å². The van der Waals surface area contributed by atoms with Gasteiger partial charge in [-0.05, 0) is 49.1 Å². The van der Waals surface area contributed by atoms with E-state index in [9.17, 15) is 19.7 Å². The molecule has 0 saturated carbocycles. The third-order valence-corrected chi connectivity index (χ3v) is 6.99. The van der Waals surface area contributed by atoms with E-state index in [4.69, 9.17) is 4.42 Å². The largest absolute Gasteiger partial charge is 0.450 e. The van der Waals surface area contributed by atoms with Crippen LogP contribution in [0.3, 0.4) is 0 Å². The number of nitro groups is 1. The Morgan fingerprint density at radius 2 is 1.91 bits per heavy atom. The van der Waals surface area contributed by atoms with Crippen LogP contribution in [0.15, 0.2) is 45.6 Å². The van der Waals surface area contributed by atoms with Gasteiger partial charge in [0.2, 0.25) is 10.9 Å². The van der Waals surface area contributed by atoms with Crippen molar-refractivity contribution < 1.29 is 14.1 Å². The Morgan fingerprint density at radius 1 is 1.15 bits per heavy atom. The zero-order valence-corrected chi connectivity index (χ0v) is 19.5. The van der Waals surface area contributed by atoms with Gasteiger partial charge >= 0.3 is 0 Å². The summed E-state index contributed by atoms with van der Waals surface area (Å²) < 4.78 is 6.00. The first-order chi connectivity index (χ1) is 16.3. The molecule has 1 atom stereocenters. The molecule has 2 aromatic heterocycles. The van der Waals surface area contributed by atoms with Gasteiger partial charge in [-0.2, -0.15) is 0 Å². The van der Waals surface area contributed by atoms with Crippen LogP contribution in [0.5, 0.6) is 0 Å². The summed E-state index contributed by atoms with van der Waals surface area (Å²) in [5.74, 6) is -0.604. The molecule has 4 aromatic rings. The summed E-state index contributed by atoms with van der Waals surface area (Å²) in [7, 11) is 0. The highest BCUT2D eigenvalue weighted by Gasteiger charge is 2.45. The summed E-state index contributed by atoms with van der Waals surface area (Å²) in [4.78, 5) is 39.6. The lowest BCUT2D eigenvalue weighted by atomic mass is 9.97. The highest BCUT2D eigenvalue weighted by Crippen LogP contribution is 2.43. The van der Waals surface area contributed by atoms with Crippen molar-refractivity contribution in [3.05, 3.63) is 89.8 Å². The molecule has 1 aliphatic heterocycles. The molecule has 0 N–H and O–H groups in total. The monoisotopic (exact) mass is 476 g/mol. The lowest BCUT2D eigenvalue weighted by Crippen LogP contribution is -2.29. The van der Waals surface area contributed by atoms with Gasteiger partial charge in [-0.15, -0.1) is 10.2 Å². The number of aromatic nitrogens is 2. The summed E-state index contributed by atoms with van der Waals surface area (Å²) in [5, 5.41) is 21.3. The summed E-state index contributed by atoms with van der Waals surface area (Å²) in [6.45, 7) is 5.81. The van der Waals surface area contributed by atoms with Gasteiger partial charge in [0.05, 0.1) is 21.9 Å². The average Bonchev–Trinajstić information content (AvgIpc) is 3.38. The number of anilines is 1. The molecule has 5 rings (SSSR count). The maximum absolute atomic E-state index is 13.7. The molecule has 0 fully saturated rings. The van der Waals surface area contributed by atoms with E-state index in [2.05, 4.69) is 10.2 Å². The smallest absolute Gasteiger partial charge is 0.297 e. The Balaban J connectivity index is 1.79. The number of carbonyl (C=O) groups excluding carboxylic acids is 1. The first-order valence-corrected chi connectivity index (χ1v) is 11.6. The van der Waals surface area contributed by atoms with E-state index in [1.165, 1.54) is 34.4 Å². The fourth-order valence-corrected chi connectivity index (χ4v) is 5.17. The lowest BCUT2D eigenvalue weighted by Gasteiger charge is -2.21. The quantitative estimate of drug-likeness (QED) is 0.298. The Hall–Kier alpha value is -3.92. The summed E-state index contributed by atoms with van der Waals surface area (Å²) >= 11 is 1.26. The Bertz CT molecular complexity index is 1540. The van der Waals surface area contributed by atoms with E-state index >= 15 is 0 Å². The number of hydrogen-bond acceptors (Lipinski definition) is 8. The minimum Gasteiger partial charge on any atom is -0.450 e. The fraction of sp³-hybridized carbons (Fsp3) is 0.250. The van der Waals surface area contributed by atoms with Gasteiger partial charge in [0.1, 0.15) is 10.6 Å². The molecule has 34 heavy (non-hydrogen) atoms. The van der Waals surface area contributed by atoms with E-state index in [-0.39, 0.29) is 22.4 Å². The molecule has 0 spiro atoms. The van der Waals surface area contributed by atoms with Crippen LogP contribution in [0, 0.1) is 24.0 Å². The van der Waals surface area contributed by atoms with Gasteiger partial charge in [0, 0.05) is 18.6 Å². The first-order valence-electron chi connectivity index (χ1n) is 10.8. The maximum Gasteiger partial charge on any atom is 0.297 e. The third-order valence-electron chi connectivity index (χ3n) is 6.01. The van der Waals surface area contributed by atoms with E-state index in [1.54, 1.807) is 18.2 Å². The number of amides is 1. The van der Waals surface area contributed by atoms with Crippen LogP contribution in [0.2, 0.25) is 0 Å². The molecule has 2 aromatic carbocycles. The summed E-state index contributed by atoms with van der Waals surface area (Å²) in [5.41, 5.74) is 2.26. The predicted octanol–water partition coefficient (Wildman–Crippen LogP) is 4.87. The third kappa shape index (κ3) is 3.38. The normalized spacial score (nSPS) is 15.2. The molecule has 1 amide bonds. The van der Waals surface area contributed by atoms with Crippen molar-refractivity contribution in [3.8, 4) is 0 Å². The average molecular weight is 477 g/mol. The number of nitrogens with zero attached hydrogens (tertiary/aromatic N) is 4. The number of nitro benzene ring substituents is 1. The number of non-ortho nitro benzene ring substituents is 1. The maximum atomic E-state index is 13.7. The molecule has 0 aliphatic carbocycles. The van der Waals surface area contributed by atoms with Crippen LogP contribution in [0.4, 0.5) is 10.8 Å². The number of hydrogen-bond donors (Lipinski definition) is 0. The molecule has 0 bridgehead atoms. The van der Waals surface area contributed by atoms with E-state index in [0.29, 0.717) is 28.1 Å². The summed E-state index contributed by atoms with van der Waals surface area (Å²) in [6, 6.07) is 8.50. The van der Waals surface area contributed by atoms with Crippen LogP contribution in [-0.4, -0.2) is 21.0 Å². The van der Waals surface area contributed by atoms with Crippen LogP contribution >= 0.6 is 11.3 Å². The highest BCUT2D eigenvalue weighted by molar-refractivity contribution is 7.15. The predicted molar refractivity (Wildman–Crippen MR) is 128 cm³/mol. The lowest BCUT2D eigenvalue weighted by molar-refractivity contribution is -0.384. The van der Waals surface area contributed by atoms with Crippen molar-refractivity contribution >= 4 is 39.0 Å². The number of rotatable bonds is 5. The Morgan fingerprint density at radius 3 is 2.65 bits per heavy atom. The van der Waals surface area contributed by atoms with Crippen LogP contribution < -0.4 is 10.3 Å². The van der Waals surface area contributed by atoms with Gasteiger partial charge in [-0.3, -0.25) is 24.6 Å². The Kier molecular flexibility index (Phi) is 5.24. The minimum atomic E-state index is -0.924. The number of fused-ring (bicyclic) bond motifs is 2. The van der Waals surface area contributed by atoms with Gasteiger partial charge < -0.3 is 4.42 Å². The molecule has 0 saturated heterocycles. The number of aryl methyl sites for hydroxylation is 3.